The number of hydrogen-bond acceptors (Lipinski definition) is 1. The molecule has 0 amide bonds. The number of para-hydroxylation sites is 1. The molecule has 0 radical (unpaired) electrons. The topological polar surface area (TPSA) is 9.23 Å². The second-order valence-corrected chi connectivity index (χ2v) is 4.93. The fourth-order valence-electron chi connectivity index (χ4n) is 1.66. The van der Waals surface area contributed by atoms with Crippen LogP contribution in [0.5, 0.6) is 11.5 Å². The quantitative estimate of drug-likeness (QED) is 0.560. The van der Waals surface area contributed by atoms with Crippen LogP contribution in [-0.2, 0) is 6.42 Å². The maximum absolute atomic E-state index is 5.80. The van der Waals surface area contributed by atoms with Crippen molar-refractivity contribution >= 4 is 22.6 Å². The van der Waals surface area contributed by atoms with E-state index >= 15 is 0 Å². The van der Waals surface area contributed by atoms with Gasteiger partial charge in [0.25, 0.3) is 0 Å². The van der Waals surface area contributed by atoms with Gasteiger partial charge in [0.1, 0.15) is 11.5 Å². The highest BCUT2D eigenvalue weighted by atomic mass is 127. The number of aryl methyl sites for hydroxylation is 1. The third kappa shape index (κ3) is 4.04. The van der Waals surface area contributed by atoms with E-state index in [2.05, 4.69) is 40.8 Å². The van der Waals surface area contributed by atoms with Crippen LogP contribution in [0.3, 0.4) is 0 Å². The molecule has 0 aliphatic heterocycles. The second-order valence-electron chi connectivity index (χ2n) is 3.86. The maximum atomic E-state index is 5.80. The molecule has 0 saturated carbocycles. The van der Waals surface area contributed by atoms with Gasteiger partial charge < -0.3 is 4.74 Å². The third-order valence-corrected chi connectivity index (χ3v) is 3.24. The highest BCUT2D eigenvalue weighted by Crippen LogP contribution is 2.22. The summed E-state index contributed by atoms with van der Waals surface area (Å²) in [6.45, 7) is 0. The predicted molar refractivity (Wildman–Crippen MR) is 80.2 cm³/mol. The Morgan fingerprint density at radius 2 is 1.65 bits per heavy atom. The Balaban J connectivity index is 2.06. The Morgan fingerprint density at radius 1 is 0.882 bits per heavy atom. The van der Waals surface area contributed by atoms with Crippen LogP contribution < -0.4 is 4.74 Å². The summed E-state index contributed by atoms with van der Waals surface area (Å²) in [5, 5.41) is 0. The van der Waals surface area contributed by atoms with Gasteiger partial charge in [-0.25, -0.2) is 0 Å². The minimum atomic E-state index is 0.888. The molecule has 0 spiro atoms. The largest absolute Gasteiger partial charge is 0.457 e. The molecule has 2 rings (SSSR count). The molecule has 0 saturated heterocycles. The lowest BCUT2D eigenvalue weighted by atomic mass is 10.1. The Bertz CT molecular complexity index is 453. The lowest BCUT2D eigenvalue weighted by Crippen LogP contribution is -1.88. The van der Waals surface area contributed by atoms with Crippen molar-refractivity contribution in [3.63, 3.8) is 0 Å². The lowest BCUT2D eigenvalue weighted by molar-refractivity contribution is 0.482. The summed E-state index contributed by atoms with van der Waals surface area (Å²) in [6, 6.07) is 18.2. The molecule has 2 aromatic rings. The van der Waals surface area contributed by atoms with Crippen molar-refractivity contribution in [1.82, 2.24) is 0 Å². The van der Waals surface area contributed by atoms with Crippen LogP contribution in [0.15, 0.2) is 54.6 Å². The van der Waals surface area contributed by atoms with Crippen LogP contribution in [-0.4, -0.2) is 4.43 Å². The second kappa shape index (κ2) is 6.64. The third-order valence-electron chi connectivity index (χ3n) is 2.48. The average molecular weight is 338 g/mol. The zero-order chi connectivity index (χ0) is 11.9. The van der Waals surface area contributed by atoms with Crippen molar-refractivity contribution < 1.29 is 4.74 Å². The molecule has 0 bridgehead atoms. The van der Waals surface area contributed by atoms with Crippen molar-refractivity contribution in [3.05, 3.63) is 60.2 Å². The standard InChI is InChI=1S/C15H15IO/c16-11-5-7-13-6-4-10-15(12-13)17-14-8-2-1-3-9-14/h1-4,6,8-10,12H,5,7,11H2. The molecule has 0 atom stereocenters. The van der Waals surface area contributed by atoms with Crippen molar-refractivity contribution in [2.24, 2.45) is 0 Å². The van der Waals surface area contributed by atoms with Crippen LogP contribution >= 0.6 is 22.6 Å². The van der Waals surface area contributed by atoms with E-state index < -0.39 is 0 Å². The summed E-state index contributed by atoms with van der Waals surface area (Å²) in [4.78, 5) is 0. The SMILES string of the molecule is ICCCc1cccc(Oc2ccccc2)c1. The predicted octanol–water partition coefficient (Wildman–Crippen LogP) is 4.85. The van der Waals surface area contributed by atoms with E-state index in [1.54, 1.807) is 0 Å². The van der Waals surface area contributed by atoms with E-state index in [1.807, 2.05) is 36.4 Å². The fourth-order valence-corrected chi connectivity index (χ4v) is 2.04. The van der Waals surface area contributed by atoms with E-state index in [0.29, 0.717) is 0 Å². The lowest BCUT2D eigenvalue weighted by Gasteiger charge is -2.07. The molecule has 0 aliphatic carbocycles. The number of benzene rings is 2. The van der Waals surface area contributed by atoms with Crippen molar-refractivity contribution in [1.29, 1.82) is 0 Å². The summed E-state index contributed by atoms with van der Waals surface area (Å²) in [6.07, 6.45) is 2.34. The van der Waals surface area contributed by atoms with E-state index in [4.69, 9.17) is 4.74 Å². The summed E-state index contributed by atoms with van der Waals surface area (Å²) in [5.74, 6) is 1.81. The molecular formula is C15H15IO. The molecule has 0 fully saturated rings. The summed E-state index contributed by atoms with van der Waals surface area (Å²) in [7, 11) is 0. The maximum Gasteiger partial charge on any atom is 0.127 e. The van der Waals surface area contributed by atoms with E-state index in [-0.39, 0.29) is 0 Å². The van der Waals surface area contributed by atoms with Crippen molar-refractivity contribution in [2.75, 3.05) is 4.43 Å². The first kappa shape index (κ1) is 12.4. The Kier molecular flexibility index (Phi) is 4.86. The van der Waals surface area contributed by atoms with Gasteiger partial charge in [0.2, 0.25) is 0 Å². The van der Waals surface area contributed by atoms with Crippen LogP contribution in [0.4, 0.5) is 0 Å². The molecule has 0 aliphatic rings. The van der Waals surface area contributed by atoms with Crippen molar-refractivity contribution in [3.8, 4) is 11.5 Å². The Hall–Kier alpha value is -1.03. The van der Waals surface area contributed by atoms with Gasteiger partial charge in [-0.1, -0.05) is 52.9 Å². The molecule has 1 nitrogen and oxygen atoms in total. The Morgan fingerprint density at radius 3 is 2.41 bits per heavy atom. The van der Waals surface area contributed by atoms with E-state index in [0.717, 1.165) is 17.9 Å². The van der Waals surface area contributed by atoms with E-state index in [1.165, 1.54) is 16.4 Å². The number of halogens is 1. The summed E-state index contributed by atoms with van der Waals surface area (Å²) >= 11 is 2.41. The smallest absolute Gasteiger partial charge is 0.127 e. The Labute approximate surface area is 116 Å². The molecule has 2 heteroatoms. The minimum absolute atomic E-state index is 0.888. The van der Waals surface area contributed by atoms with Gasteiger partial charge in [0.15, 0.2) is 0 Å². The summed E-state index contributed by atoms with van der Waals surface area (Å²) < 4.78 is 6.99. The molecule has 0 unspecified atom stereocenters. The normalized spacial score (nSPS) is 10.2. The van der Waals surface area contributed by atoms with Crippen LogP contribution in [0, 0.1) is 0 Å². The zero-order valence-corrected chi connectivity index (χ0v) is 11.8. The average Bonchev–Trinajstić information content (AvgIpc) is 2.38. The van der Waals surface area contributed by atoms with Gasteiger partial charge in [-0.15, -0.1) is 0 Å². The number of hydrogen-bond donors (Lipinski definition) is 0. The number of rotatable bonds is 5. The molecule has 0 N–H and O–H groups in total. The fraction of sp³-hybridized carbons (Fsp3) is 0.200. The molecule has 0 aromatic heterocycles. The first-order chi connectivity index (χ1) is 8.38. The van der Waals surface area contributed by atoms with Gasteiger partial charge in [0.05, 0.1) is 0 Å². The van der Waals surface area contributed by atoms with Crippen LogP contribution in [0.25, 0.3) is 0 Å². The van der Waals surface area contributed by atoms with Crippen LogP contribution in [0.1, 0.15) is 12.0 Å². The number of ether oxygens (including phenoxy) is 1. The number of alkyl halides is 1. The highest BCUT2D eigenvalue weighted by Gasteiger charge is 1.98. The molecule has 2 aromatic carbocycles. The minimum Gasteiger partial charge on any atom is -0.457 e. The molecule has 0 heterocycles. The van der Waals surface area contributed by atoms with Gasteiger partial charge in [-0.3, -0.25) is 0 Å². The molecule has 17 heavy (non-hydrogen) atoms. The highest BCUT2D eigenvalue weighted by molar-refractivity contribution is 14.1. The van der Waals surface area contributed by atoms with Gasteiger partial charge >= 0.3 is 0 Å². The summed E-state index contributed by atoms with van der Waals surface area (Å²) in [5.41, 5.74) is 1.34. The van der Waals surface area contributed by atoms with Crippen LogP contribution in [0.2, 0.25) is 0 Å². The monoisotopic (exact) mass is 338 g/mol. The van der Waals surface area contributed by atoms with Gasteiger partial charge in [-0.05, 0) is 47.1 Å². The molecular weight excluding hydrogens is 323 g/mol. The molecule has 88 valence electrons. The van der Waals surface area contributed by atoms with Crippen molar-refractivity contribution in [2.45, 2.75) is 12.8 Å². The van der Waals surface area contributed by atoms with E-state index in [9.17, 15) is 0 Å². The first-order valence-electron chi connectivity index (χ1n) is 5.76. The van der Waals surface area contributed by atoms with Gasteiger partial charge in [0, 0.05) is 0 Å². The van der Waals surface area contributed by atoms with Gasteiger partial charge in [-0.2, -0.15) is 0 Å². The zero-order valence-electron chi connectivity index (χ0n) is 9.60. The first-order valence-corrected chi connectivity index (χ1v) is 7.29.